The summed E-state index contributed by atoms with van der Waals surface area (Å²) in [7, 11) is 0. The summed E-state index contributed by atoms with van der Waals surface area (Å²) in [5.74, 6) is 1.89. The van der Waals surface area contributed by atoms with Crippen LogP contribution in [0.25, 0.3) is 10.4 Å². The average molecular weight is 209 g/mol. The lowest BCUT2D eigenvalue weighted by molar-refractivity contribution is -0.119. The highest BCUT2D eigenvalue weighted by Gasteiger charge is 2.57. The zero-order valence-electron chi connectivity index (χ0n) is 8.77. The van der Waals surface area contributed by atoms with E-state index in [2.05, 4.69) is 10.0 Å². The molecule has 82 valence electrons. The molecular weight excluding hydrogens is 193 g/mol. The minimum absolute atomic E-state index is 0.0677. The summed E-state index contributed by atoms with van der Waals surface area (Å²) in [6.07, 6.45) is 5.45. The molecule has 0 unspecified atom stereocenters. The van der Waals surface area contributed by atoms with Crippen molar-refractivity contribution < 1.29 is 4.39 Å². The van der Waals surface area contributed by atoms with Crippen LogP contribution in [-0.4, -0.2) is 12.2 Å². The number of nitrogens with zero attached hydrogens (tertiary/aromatic N) is 3. The molecule has 4 saturated carbocycles. The predicted molar refractivity (Wildman–Crippen MR) is 54.9 cm³/mol. The van der Waals surface area contributed by atoms with E-state index in [1.807, 2.05) is 0 Å². The lowest BCUT2D eigenvalue weighted by atomic mass is 9.50. The molecule has 15 heavy (non-hydrogen) atoms. The molecule has 4 fully saturated rings. The van der Waals surface area contributed by atoms with Gasteiger partial charge in [-0.25, -0.2) is 4.39 Å². The van der Waals surface area contributed by atoms with Gasteiger partial charge in [-0.1, -0.05) is 5.11 Å². The third kappa shape index (κ3) is 1.27. The van der Waals surface area contributed by atoms with Gasteiger partial charge in [-0.3, -0.25) is 0 Å². The summed E-state index contributed by atoms with van der Waals surface area (Å²) < 4.78 is 14.8. The van der Waals surface area contributed by atoms with Crippen LogP contribution in [-0.2, 0) is 0 Å². The van der Waals surface area contributed by atoms with Crippen molar-refractivity contribution in [1.29, 1.82) is 0 Å². The Hall–Kier alpha value is -0.760. The summed E-state index contributed by atoms with van der Waals surface area (Å²) in [5.41, 5.74) is 7.16. The number of hydrogen-bond donors (Lipinski definition) is 0. The second-order valence-electron chi connectivity index (χ2n) is 5.62. The Bertz CT molecular complexity index is 294. The van der Waals surface area contributed by atoms with E-state index < -0.39 is 5.67 Å². The fraction of sp³-hybridized carbons (Fsp3) is 1.00. The van der Waals surface area contributed by atoms with Gasteiger partial charge in [0.1, 0.15) is 5.67 Å². The molecule has 0 amide bonds. The number of alkyl halides is 1. The Labute approximate surface area is 88.7 Å². The Kier molecular flexibility index (Phi) is 1.96. The van der Waals surface area contributed by atoms with Crippen LogP contribution in [0.2, 0.25) is 0 Å². The van der Waals surface area contributed by atoms with E-state index in [1.54, 1.807) is 0 Å². The first-order valence-corrected chi connectivity index (χ1v) is 5.92. The zero-order chi connectivity index (χ0) is 10.5. The fourth-order valence-corrected chi connectivity index (χ4v) is 4.37. The molecule has 0 atom stereocenters. The molecule has 0 aromatic carbocycles. The van der Waals surface area contributed by atoms with E-state index in [4.69, 9.17) is 5.53 Å². The Balaban J connectivity index is 1.87. The minimum Gasteiger partial charge on any atom is -0.243 e. The topological polar surface area (TPSA) is 48.8 Å². The first-order chi connectivity index (χ1) is 7.22. The number of hydrogen-bond acceptors (Lipinski definition) is 1. The molecule has 3 nitrogen and oxygen atoms in total. The number of rotatable bonds is 2. The first kappa shape index (κ1) is 9.46. The molecule has 4 heteroatoms. The standard InChI is InChI=1S/C11H16FN3/c12-11(6-14-15-13)9-2-7-1-8(4-9)5-10(11)3-7/h7-10H,1-6H2. The van der Waals surface area contributed by atoms with E-state index >= 15 is 0 Å². The molecule has 0 aromatic rings. The highest BCUT2D eigenvalue weighted by molar-refractivity contribution is 5.08. The molecule has 4 aliphatic carbocycles. The van der Waals surface area contributed by atoms with Gasteiger partial charge in [0.15, 0.2) is 0 Å². The van der Waals surface area contributed by atoms with Crippen LogP contribution in [0.15, 0.2) is 5.11 Å². The molecular formula is C11H16FN3. The zero-order valence-corrected chi connectivity index (χ0v) is 8.77. The van der Waals surface area contributed by atoms with Crippen LogP contribution in [0.3, 0.4) is 0 Å². The minimum atomic E-state index is -1.17. The molecule has 0 N–H and O–H groups in total. The lowest BCUT2D eigenvalue weighted by Gasteiger charge is -2.57. The van der Waals surface area contributed by atoms with Gasteiger partial charge < -0.3 is 0 Å². The van der Waals surface area contributed by atoms with Crippen LogP contribution < -0.4 is 0 Å². The monoisotopic (exact) mass is 209 g/mol. The quantitative estimate of drug-likeness (QED) is 0.380. The van der Waals surface area contributed by atoms with Crippen molar-refractivity contribution in [2.45, 2.75) is 37.8 Å². The van der Waals surface area contributed by atoms with Crippen molar-refractivity contribution in [2.24, 2.45) is 28.8 Å². The van der Waals surface area contributed by atoms with Crippen molar-refractivity contribution in [3.8, 4) is 0 Å². The maximum Gasteiger partial charge on any atom is 0.122 e. The molecule has 0 radical (unpaired) electrons. The van der Waals surface area contributed by atoms with Crippen molar-refractivity contribution >= 4 is 0 Å². The van der Waals surface area contributed by atoms with Crippen LogP contribution in [0.1, 0.15) is 32.1 Å². The first-order valence-electron chi connectivity index (χ1n) is 5.92. The maximum atomic E-state index is 14.8. The van der Waals surface area contributed by atoms with Crippen molar-refractivity contribution in [2.75, 3.05) is 6.54 Å². The Morgan fingerprint density at radius 1 is 1.13 bits per heavy atom. The second-order valence-corrected chi connectivity index (χ2v) is 5.62. The molecule has 4 aliphatic rings. The van der Waals surface area contributed by atoms with Gasteiger partial charge in [-0.05, 0) is 61.3 Å². The fourth-order valence-electron chi connectivity index (χ4n) is 4.37. The molecule has 0 saturated heterocycles. The molecule has 4 bridgehead atoms. The van der Waals surface area contributed by atoms with Crippen molar-refractivity contribution in [3.05, 3.63) is 10.4 Å². The van der Waals surface area contributed by atoms with Crippen LogP contribution in [0, 0.1) is 23.7 Å². The molecule has 4 rings (SSSR count). The van der Waals surface area contributed by atoms with Crippen molar-refractivity contribution in [3.63, 3.8) is 0 Å². The Morgan fingerprint density at radius 2 is 1.67 bits per heavy atom. The third-order valence-electron chi connectivity index (χ3n) is 4.87. The predicted octanol–water partition coefficient (Wildman–Crippen LogP) is 3.46. The van der Waals surface area contributed by atoms with Gasteiger partial charge in [-0.15, -0.1) is 0 Å². The molecule has 0 spiro atoms. The van der Waals surface area contributed by atoms with Crippen molar-refractivity contribution in [1.82, 2.24) is 0 Å². The summed E-state index contributed by atoms with van der Waals surface area (Å²) in [6.45, 7) is 0.0677. The second kappa shape index (κ2) is 3.11. The summed E-state index contributed by atoms with van der Waals surface area (Å²) in [5, 5.41) is 3.50. The SMILES string of the molecule is [N-]=[N+]=NCC1(F)C2CC3CC(C2)CC1C3. The third-order valence-corrected chi connectivity index (χ3v) is 4.87. The molecule has 0 aliphatic heterocycles. The summed E-state index contributed by atoms with van der Waals surface area (Å²) in [6, 6.07) is 0. The van der Waals surface area contributed by atoms with E-state index in [-0.39, 0.29) is 18.4 Å². The van der Waals surface area contributed by atoms with Crippen LogP contribution in [0.5, 0.6) is 0 Å². The smallest absolute Gasteiger partial charge is 0.122 e. The highest BCUT2D eigenvalue weighted by Crippen LogP contribution is 2.59. The molecule has 0 heterocycles. The van der Waals surface area contributed by atoms with Gasteiger partial charge in [0.2, 0.25) is 0 Å². The van der Waals surface area contributed by atoms with Gasteiger partial charge in [-0.2, -0.15) is 0 Å². The van der Waals surface area contributed by atoms with Gasteiger partial charge in [0.05, 0.1) is 6.54 Å². The lowest BCUT2D eigenvalue weighted by Crippen LogP contribution is -2.56. The van der Waals surface area contributed by atoms with Crippen LogP contribution in [0.4, 0.5) is 4.39 Å². The van der Waals surface area contributed by atoms with Gasteiger partial charge in [0.25, 0.3) is 0 Å². The van der Waals surface area contributed by atoms with E-state index in [0.29, 0.717) is 0 Å². The van der Waals surface area contributed by atoms with Gasteiger partial charge >= 0.3 is 0 Å². The highest BCUT2D eigenvalue weighted by atomic mass is 19.1. The maximum absolute atomic E-state index is 14.8. The normalized spacial score (nSPS) is 51.5. The molecule has 0 aromatic heterocycles. The average Bonchev–Trinajstić information content (AvgIpc) is 2.22. The van der Waals surface area contributed by atoms with Gasteiger partial charge in [0, 0.05) is 4.91 Å². The van der Waals surface area contributed by atoms with Crippen LogP contribution >= 0.6 is 0 Å². The summed E-state index contributed by atoms with van der Waals surface area (Å²) in [4.78, 5) is 2.72. The van der Waals surface area contributed by atoms with E-state index in [0.717, 1.165) is 37.5 Å². The van der Waals surface area contributed by atoms with E-state index in [9.17, 15) is 4.39 Å². The van der Waals surface area contributed by atoms with E-state index in [1.165, 1.54) is 6.42 Å². The largest absolute Gasteiger partial charge is 0.243 e. The number of azide groups is 1. The Morgan fingerprint density at radius 3 is 2.13 bits per heavy atom. The number of halogens is 1. The summed E-state index contributed by atoms with van der Waals surface area (Å²) >= 11 is 0.